The van der Waals surface area contributed by atoms with Crippen molar-refractivity contribution in [1.29, 1.82) is 0 Å². The fourth-order valence-electron chi connectivity index (χ4n) is 2.06. The molecule has 0 saturated carbocycles. The number of nitrogens with zero attached hydrogens (tertiary/aromatic N) is 1. The van der Waals surface area contributed by atoms with E-state index in [2.05, 4.69) is 0 Å². The van der Waals surface area contributed by atoms with E-state index in [0.29, 0.717) is 18.7 Å². The van der Waals surface area contributed by atoms with Crippen LogP contribution in [-0.4, -0.2) is 40.3 Å². The molecular formula is C11H15NO4. The van der Waals surface area contributed by atoms with Gasteiger partial charge in [0.25, 0.3) is 0 Å². The SMILES string of the molecule is O=C(O)c1occc1CN1CCCC(O)C1. The second-order valence-corrected chi connectivity index (χ2v) is 4.11. The smallest absolute Gasteiger partial charge is 0.372 e. The molecule has 0 amide bonds. The van der Waals surface area contributed by atoms with Crippen molar-refractivity contribution < 1.29 is 19.4 Å². The maximum atomic E-state index is 10.8. The molecule has 1 aromatic heterocycles. The van der Waals surface area contributed by atoms with E-state index in [1.165, 1.54) is 6.26 Å². The van der Waals surface area contributed by atoms with Crippen LogP contribution < -0.4 is 0 Å². The Hall–Kier alpha value is -1.33. The van der Waals surface area contributed by atoms with Crippen molar-refractivity contribution in [1.82, 2.24) is 4.90 Å². The molecule has 0 aromatic carbocycles. The lowest BCUT2D eigenvalue weighted by atomic mass is 10.1. The zero-order chi connectivity index (χ0) is 11.5. The summed E-state index contributed by atoms with van der Waals surface area (Å²) in [5.41, 5.74) is 0.668. The molecule has 5 heteroatoms. The summed E-state index contributed by atoms with van der Waals surface area (Å²) < 4.78 is 4.91. The van der Waals surface area contributed by atoms with E-state index in [4.69, 9.17) is 9.52 Å². The molecule has 1 saturated heterocycles. The number of carboxylic acid groups (broad SMARTS) is 1. The highest BCUT2D eigenvalue weighted by molar-refractivity contribution is 5.86. The summed E-state index contributed by atoms with van der Waals surface area (Å²) in [6.45, 7) is 2.01. The molecule has 5 nitrogen and oxygen atoms in total. The number of likely N-dealkylation sites (tertiary alicyclic amines) is 1. The summed E-state index contributed by atoms with van der Waals surface area (Å²) in [5, 5.41) is 18.4. The predicted molar refractivity (Wildman–Crippen MR) is 56.2 cm³/mol. The minimum Gasteiger partial charge on any atom is -0.475 e. The number of hydrogen-bond acceptors (Lipinski definition) is 4. The first kappa shape index (κ1) is 11.2. The summed E-state index contributed by atoms with van der Waals surface area (Å²) in [5.74, 6) is -1.04. The lowest BCUT2D eigenvalue weighted by Crippen LogP contribution is -2.37. The van der Waals surface area contributed by atoms with Crippen molar-refractivity contribution in [2.24, 2.45) is 0 Å². The average molecular weight is 225 g/mol. The van der Waals surface area contributed by atoms with Gasteiger partial charge in [0.2, 0.25) is 5.76 Å². The molecule has 16 heavy (non-hydrogen) atoms. The van der Waals surface area contributed by atoms with Gasteiger partial charge >= 0.3 is 5.97 Å². The molecule has 1 fully saturated rings. The zero-order valence-electron chi connectivity index (χ0n) is 8.93. The van der Waals surface area contributed by atoms with Crippen LogP contribution in [0.5, 0.6) is 0 Å². The van der Waals surface area contributed by atoms with Gasteiger partial charge in [-0.2, -0.15) is 0 Å². The molecule has 0 bridgehead atoms. The van der Waals surface area contributed by atoms with E-state index in [1.54, 1.807) is 6.07 Å². The van der Waals surface area contributed by atoms with Crippen molar-refractivity contribution in [3.05, 3.63) is 23.7 Å². The van der Waals surface area contributed by atoms with Crippen LogP contribution in [0.4, 0.5) is 0 Å². The van der Waals surface area contributed by atoms with Gasteiger partial charge in [0.15, 0.2) is 0 Å². The van der Waals surface area contributed by atoms with Gasteiger partial charge in [0, 0.05) is 18.7 Å². The van der Waals surface area contributed by atoms with Gasteiger partial charge in [-0.1, -0.05) is 0 Å². The first-order chi connectivity index (χ1) is 7.66. The topological polar surface area (TPSA) is 73.9 Å². The number of carbonyl (C=O) groups is 1. The Bertz CT molecular complexity index is 374. The van der Waals surface area contributed by atoms with E-state index in [1.807, 2.05) is 4.90 Å². The van der Waals surface area contributed by atoms with Gasteiger partial charge in [0.1, 0.15) is 0 Å². The highest BCUT2D eigenvalue weighted by Crippen LogP contribution is 2.17. The summed E-state index contributed by atoms with van der Waals surface area (Å²) in [7, 11) is 0. The summed E-state index contributed by atoms with van der Waals surface area (Å²) in [4.78, 5) is 12.9. The molecule has 0 radical (unpaired) electrons. The van der Waals surface area contributed by atoms with Gasteiger partial charge in [-0.25, -0.2) is 4.79 Å². The van der Waals surface area contributed by atoms with Gasteiger partial charge in [-0.05, 0) is 25.5 Å². The Balaban J connectivity index is 2.02. The van der Waals surface area contributed by atoms with E-state index in [-0.39, 0.29) is 11.9 Å². The molecule has 1 aliphatic rings. The Morgan fingerprint density at radius 2 is 2.44 bits per heavy atom. The number of aliphatic hydroxyl groups is 1. The lowest BCUT2D eigenvalue weighted by molar-refractivity contribution is 0.0628. The number of furan rings is 1. The number of rotatable bonds is 3. The molecule has 2 rings (SSSR count). The van der Waals surface area contributed by atoms with Crippen LogP contribution in [-0.2, 0) is 6.54 Å². The first-order valence-corrected chi connectivity index (χ1v) is 5.37. The van der Waals surface area contributed by atoms with Crippen molar-refractivity contribution in [3.8, 4) is 0 Å². The molecule has 0 spiro atoms. The molecular weight excluding hydrogens is 210 g/mol. The van der Waals surface area contributed by atoms with Crippen molar-refractivity contribution in [2.75, 3.05) is 13.1 Å². The van der Waals surface area contributed by atoms with Gasteiger partial charge in [0.05, 0.1) is 12.4 Å². The maximum absolute atomic E-state index is 10.8. The van der Waals surface area contributed by atoms with Gasteiger partial charge in [-0.15, -0.1) is 0 Å². The molecule has 1 aromatic rings. The first-order valence-electron chi connectivity index (χ1n) is 5.37. The molecule has 1 atom stereocenters. The van der Waals surface area contributed by atoms with Crippen LogP contribution in [0.3, 0.4) is 0 Å². The van der Waals surface area contributed by atoms with Crippen LogP contribution >= 0.6 is 0 Å². The van der Waals surface area contributed by atoms with Gasteiger partial charge < -0.3 is 14.6 Å². The zero-order valence-corrected chi connectivity index (χ0v) is 8.93. The molecule has 0 aliphatic carbocycles. The number of aliphatic hydroxyl groups excluding tert-OH is 1. The van der Waals surface area contributed by atoms with E-state index in [0.717, 1.165) is 19.4 Å². The largest absolute Gasteiger partial charge is 0.475 e. The molecule has 2 heterocycles. The Labute approximate surface area is 93.3 Å². The van der Waals surface area contributed by atoms with Crippen molar-refractivity contribution >= 4 is 5.97 Å². The van der Waals surface area contributed by atoms with Crippen LogP contribution in [0.1, 0.15) is 29.0 Å². The van der Waals surface area contributed by atoms with E-state index >= 15 is 0 Å². The van der Waals surface area contributed by atoms with Crippen LogP contribution in [0.25, 0.3) is 0 Å². The highest BCUT2D eigenvalue weighted by Gasteiger charge is 2.21. The van der Waals surface area contributed by atoms with Crippen LogP contribution in [0.15, 0.2) is 16.7 Å². The molecule has 2 N–H and O–H groups in total. The van der Waals surface area contributed by atoms with Crippen molar-refractivity contribution in [3.63, 3.8) is 0 Å². The minimum absolute atomic E-state index is 0.0000586. The third-order valence-corrected chi connectivity index (χ3v) is 2.82. The third-order valence-electron chi connectivity index (χ3n) is 2.82. The second kappa shape index (κ2) is 4.67. The number of hydrogen-bond donors (Lipinski definition) is 2. The Morgan fingerprint density at radius 3 is 3.12 bits per heavy atom. The monoisotopic (exact) mass is 225 g/mol. The molecule has 88 valence electrons. The average Bonchev–Trinajstić information content (AvgIpc) is 2.66. The van der Waals surface area contributed by atoms with Gasteiger partial charge in [-0.3, -0.25) is 4.90 Å². The summed E-state index contributed by atoms with van der Waals surface area (Å²) >= 11 is 0. The lowest BCUT2D eigenvalue weighted by Gasteiger charge is -2.29. The standard InChI is InChI=1S/C11H15NO4/c13-9-2-1-4-12(7-9)6-8-3-5-16-10(8)11(14)15/h3,5,9,13H,1-2,4,6-7H2,(H,14,15). The normalized spacial score (nSPS) is 22.2. The fraction of sp³-hybridized carbons (Fsp3) is 0.545. The Kier molecular flexibility index (Phi) is 3.26. The number of piperidine rings is 1. The van der Waals surface area contributed by atoms with Crippen LogP contribution in [0, 0.1) is 0 Å². The quantitative estimate of drug-likeness (QED) is 0.800. The molecule has 1 unspecified atom stereocenters. The highest BCUT2D eigenvalue weighted by atomic mass is 16.4. The van der Waals surface area contributed by atoms with Crippen molar-refractivity contribution in [2.45, 2.75) is 25.5 Å². The fourth-order valence-corrected chi connectivity index (χ4v) is 2.06. The van der Waals surface area contributed by atoms with E-state index in [9.17, 15) is 9.90 Å². The summed E-state index contributed by atoms with van der Waals surface area (Å²) in [6, 6.07) is 1.67. The number of aromatic carboxylic acids is 1. The maximum Gasteiger partial charge on any atom is 0.372 e. The predicted octanol–water partition coefficient (Wildman–Crippen LogP) is 0.934. The minimum atomic E-state index is -1.04. The summed E-state index contributed by atoms with van der Waals surface area (Å²) in [6.07, 6.45) is 2.86. The number of β-amino-alcohol motifs (C(OH)–C–C–N with tert-alkyl or cyclic N) is 1. The third kappa shape index (κ3) is 2.43. The second-order valence-electron chi connectivity index (χ2n) is 4.11. The van der Waals surface area contributed by atoms with E-state index < -0.39 is 5.97 Å². The van der Waals surface area contributed by atoms with Crippen LogP contribution in [0.2, 0.25) is 0 Å². The Morgan fingerprint density at radius 1 is 1.62 bits per heavy atom. The number of carboxylic acids is 1. The molecule has 1 aliphatic heterocycles.